The van der Waals surface area contributed by atoms with Gasteiger partial charge in [0.2, 0.25) is 5.91 Å². The van der Waals surface area contributed by atoms with Crippen molar-refractivity contribution in [1.82, 2.24) is 5.32 Å². The highest BCUT2D eigenvalue weighted by Gasteiger charge is 2.06. The molecule has 0 aliphatic heterocycles. The molecule has 1 amide bonds. The lowest BCUT2D eigenvalue weighted by molar-refractivity contribution is -0.120. The smallest absolute Gasteiger partial charge is 0.220 e. The van der Waals surface area contributed by atoms with Gasteiger partial charge in [0.15, 0.2) is 0 Å². The summed E-state index contributed by atoms with van der Waals surface area (Å²) in [5.74, 6) is -0.0275. The molecule has 0 aromatic rings. The maximum absolute atomic E-state index is 10.7. The summed E-state index contributed by atoms with van der Waals surface area (Å²) in [5.41, 5.74) is 5.26. The minimum atomic E-state index is -0.192. The molecule has 0 spiro atoms. The second-order valence-electron chi connectivity index (χ2n) is 2.05. The van der Waals surface area contributed by atoms with Crippen molar-refractivity contribution in [3.05, 3.63) is 0 Å². The average Bonchev–Trinajstić information content (AvgIpc) is 1.87. The molecule has 1 unspecified atom stereocenters. The highest BCUT2D eigenvalue weighted by molar-refractivity contribution is 7.80. The quantitative estimate of drug-likeness (QED) is 0.579. The van der Waals surface area contributed by atoms with E-state index in [9.17, 15) is 4.79 Å². The van der Waals surface area contributed by atoms with Crippen molar-refractivity contribution >= 4 is 23.1 Å². The Balaban J connectivity index is 3.68. The molecule has 0 saturated carbocycles. The fourth-order valence-corrected chi connectivity index (χ4v) is 0.474. The SMILES string of the molecule is CCC(=O)NC(C)C(N)=S. The average molecular weight is 160 g/mol. The van der Waals surface area contributed by atoms with Crippen LogP contribution in [0, 0.1) is 0 Å². The minimum absolute atomic E-state index is 0.0275. The molecule has 0 saturated heterocycles. The van der Waals surface area contributed by atoms with Gasteiger partial charge in [-0.15, -0.1) is 0 Å². The Bertz CT molecular complexity index is 147. The molecule has 0 aromatic carbocycles. The van der Waals surface area contributed by atoms with Gasteiger partial charge in [0.25, 0.3) is 0 Å². The van der Waals surface area contributed by atoms with E-state index in [0.29, 0.717) is 11.4 Å². The van der Waals surface area contributed by atoms with Gasteiger partial charge in [-0.25, -0.2) is 0 Å². The molecule has 0 heterocycles. The van der Waals surface area contributed by atoms with Gasteiger partial charge in [-0.3, -0.25) is 4.79 Å². The second kappa shape index (κ2) is 4.22. The van der Waals surface area contributed by atoms with Crippen LogP contribution in [0.5, 0.6) is 0 Å². The van der Waals surface area contributed by atoms with Crippen LogP contribution >= 0.6 is 12.2 Å². The van der Waals surface area contributed by atoms with E-state index in [4.69, 9.17) is 5.73 Å². The van der Waals surface area contributed by atoms with Crippen LogP contribution in [0.4, 0.5) is 0 Å². The van der Waals surface area contributed by atoms with Gasteiger partial charge in [0.1, 0.15) is 0 Å². The number of hydrogen-bond donors (Lipinski definition) is 2. The predicted molar refractivity (Wildman–Crippen MR) is 44.7 cm³/mol. The monoisotopic (exact) mass is 160 g/mol. The summed E-state index contributed by atoms with van der Waals surface area (Å²) in [4.78, 5) is 11.0. The Morgan fingerprint density at radius 3 is 2.60 bits per heavy atom. The molecule has 10 heavy (non-hydrogen) atoms. The lowest BCUT2D eigenvalue weighted by Crippen LogP contribution is -2.40. The third-order valence-corrected chi connectivity index (χ3v) is 1.48. The van der Waals surface area contributed by atoms with E-state index >= 15 is 0 Å². The van der Waals surface area contributed by atoms with E-state index in [1.807, 2.05) is 0 Å². The standard InChI is InChI=1S/C6H12N2OS/c1-3-5(9)8-4(2)6(7)10/h4H,3H2,1-2H3,(H2,7,10)(H,8,9). The maximum Gasteiger partial charge on any atom is 0.220 e. The van der Waals surface area contributed by atoms with Crippen molar-refractivity contribution in [2.45, 2.75) is 26.3 Å². The molecular formula is C6H12N2OS. The number of carbonyl (C=O) groups excluding carboxylic acids is 1. The first-order chi connectivity index (χ1) is 4.57. The normalized spacial score (nSPS) is 12.2. The summed E-state index contributed by atoms with van der Waals surface area (Å²) < 4.78 is 0. The van der Waals surface area contributed by atoms with Crippen LogP contribution in [0.15, 0.2) is 0 Å². The van der Waals surface area contributed by atoms with Gasteiger partial charge in [-0.2, -0.15) is 0 Å². The van der Waals surface area contributed by atoms with Crippen molar-refractivity contribution in [2.75, 3.05) is 0 Å². The molecule has 58 valence electrons. The first-order valence-electron chi connectivity index (χ1n) is 3.16. The molecule has 0 aliphatic rings. The topological polar surface area (TPSA) is 55.1 Å². The van der Waals surface area contributed by atoms with E-state index in [0.717, 1.165) is 0 Å². The number of carbonyl (C=O) groups is 1. The van der Waals surface area contributed by atoms with Gasteiger partial charge < -0.3 is 11.1 Å². The van der Waals surface area contributed by atoms with E-state index in [1.165, 1.54) is 0 Å². The number of rotatable bonds is 3. The van der Waals surface area contributed by atoms with E-state index in [2.05, 4.69) is 17.5 Å². The molecule has 0 aliphatic carbocycles. The minimum Gasteiger partial charge on any atom is -0.392 e. The second-order valence-corrected chi connectivity index (χ2v) is 2.52. The molecule has 0 rings (SSSR count). The molecule has 3 nitrogen and oxygen atoms in total. The number of amides is 1. The summed E-state index contributed by atoms with van der Waals surface area (Å²) in [6, 6.07) is -0.192. The largest absolute Gasteiger partial charge is 0.392 e. The predicted octanol–water partition coefficient (Wildman–Crippen LogP) is 0.187. The van der Waals surface area contributed by atoms with Gasteiger partial charge >= 0.3 is 0 Å². The van der Waals surface area contributed by atoms with Crippen molar-refractivity contribution in [3.8, 4) is 0 Å². The van der Waals surface area contributed by atoms with E-state index in [-0.39, 0.29) is 11.9 Å². The number of nitrogens with one attached hydrogen (secondary N) is 1. The zero-order valence-corrected chi connectivity index (χ0v) is 6.99. The van der Waals surface area contributed by atoms with E-state index in [1.54, 1.807) is 13.8 Å². The lowest BCUT2D eigenvalue weighted by Gasteiger charge is -2.10. The van der Waals surface area contributed by atoms with Crippen molar-refractivity contribution in [2.24, 2.45) is 5.73 Å². The van der Waals surface area contributed by atoms with Gasteiger partial charge in [0.05, 0.1) is 11.0 Å². The molecule has 1 atom stereocenters. The zero-order chi connectivity index (χ0) is 8.15. The van der Waals surface area contributed by atoms with Gasteiger partial charge in [0, 0.05) is 6.42 Å². The Kier molecular flexibility index (Phi) is 3.95. The maximum atomic E-state index is 10.7. The zero-order valence-electron chi connectivity index (χ0n) is 6.18. The number of nitrogens with two attached hydrogens (primary N) is 1. The summed E-state index contributed by atoms with van der Waals surface area (Å²) in [6.45, 7) is 3.54. The van der Waals surface area contributed by atoms with Crippen LogP contribution in [0.3, 0.4) is 0 Å². The third-order valence-electron chi connectivity index (χ3n) is 1.13. The summed E-state index contributed by atoms with van der Waals surface area (Å²) in [6.07, 6.45) is 0.465. The number of thiocarbonyl (C=S) groups is 1. The van der Waals surface area contributed by atoms with Crippen molar-refractivity contribution < 1.29 is 4.79 Å². The molecule has 0 radical (unpaired) electrons. The van der Waals surface area contributed by atoms with Gasteiger partial charge in [-0.1, -0.05) is 19.1 Å². The molecule has 3 N–H and O–H groups in total. The lowest BCUT2D eigenvalue weighted by atomic mass is 10.3. The number of hydrogen-bond acceptors (Lipinski definition) is 2. The Morgan fingerprint density at radius 1 is 1.80 bits per heavy atom. The fraction of sp³-hybridized carbons (Fsp3) is 0.667. The fourth-order valence-electron chi connectivity index (χ4n) is 0.415. The molecule has 0 aromatic heterocycles. The molecule has 0 fully saturated rings. The Hall–Kier alpha value is -0.640. The highest BCUT2D eigenvalue weighted by Crippen LogP contribution is 1.83. The molecule has 0 bridgehead atoms. The van der Waals surface area contributed by atoms with Crippen LogP contribution in [0.1, 0.15) is 20.3 Å². The van der Waals surface area contributed by atoms with E-state index < -0.39 is 0 Å². The van der Waals surface area contributed by atoms with Crippen LogP contribution < -0.4 is 11.1 Å². The van der Waals surface area contributed by atoms with Gasteiger partial charge in [-0.05, 0) is 6.92 Å². The molecular weight excluding hydrogens is 148 g/mol. The Morgan fingerprint density at radius 2 is 2.30 bits per heavy atom. The summed E-state index contributed by atoms with van der Waals surface area (Å²) in [7, 11) is 0. The first-order valence-corrected chi connectivity index (χ1v) is 3.57. The molecule has 4 heteroatoms. The van der Waals surface area contributed by atoms with Crippen molar-refractivity contribution in [1.29, 1.82) is 0 Å². The van der Waals surface area contributed by atoms with Crippen LogP contribution in [-0.2, 0) is 4.79 Å². The van der Waals surface area contributed by atoms with Crippen LogP contribution in [0.2, 0.25) is 0 Å². The Labute approximate surface area is 66.0 Å². The summed E-state index contributed by atoms with van der Waals surface area (Å²) in [5, 5.41) is 2.62. The van der Waals surface area contributed by atoms with Crippen molar-refractivity contribution in [3.63, 3.8) is 0 Å². The first kappa shape index (κ1) is 9.36. The summed E-state index contributed by atoms with van der Waals surface area (Å²) >= 11 is 4.65. The van der Waals surface area contributed by atoms with Crippen LogP contribution in [-0.4, -0.2) is 16.9 Å². The highest BCUT2D eigenvalue weighted by atomic mass is 32.1. The third kappa shape index (κ3) is 3.40. The van der Waals surface area contributed by atoms with Crippen LogP contribution in [0.25, 0.3) is 0 Å².